The molecule has 102 valence electrons. The maximum atomic E-state index is 5.60. The van der Waals surface area contributed by atoms with Crippen LogP contribution in [0.1, 0.15) is 19.4 Å². The van der Waals surface area contributed by atoms with Gasteiger partial charge >= 0.3 is 0 Å². The molecule has 3 nitrogen and oxygen atoms in total. The molecule has 0 bridgehead atoms. The van der Waals surface area contributed by atoms with E-state index >= 15 is 0 Å². The number of methoxy groups -OCH3 is 2. The van der Waals surface area contributed by atoms with E-state index in [0.717, 1.165) is 12.2 Å². The van der Waals surface area contributed by atoms with Crippen molar-refractivity contribution in [2.24, 2.45) is 5.92 Å². The predicted molar refractivity (Wildman–Crippen MR) is 75.2 cm³/mol. The molecule has 0 aliphatic heterocycles. The Hall–Kier alpha value is -1.06. The number of hydrogen-bond donors (Lipinski definition) is 1. The summed E-state index contributed by atoms with van der Waals surface area (Å²) < 4.78 is 10.9. The Morgan fingerprint density at radius 2 is 1.94 bits per heavy atom. The smallest absolute Gasteiger partial charge is 0.119 e. The molecule has 0 heterocycles. The molecule has 1 aromatic carbocycles. The lowest BCUT2D eigenvalue weighted by Crippen LogP contribution is -2.43. The lowest BCUT2D eigenvalue weighted by atomic mass is 9.94. The first kappa shape index (κ1) is 15.0. The third-order valence-corrected chi connectivity index (χ3v) is 3.29. The van der Waals surface area contributed by atoms with Gasteiger partial charge < -0.3 is 14.8 Å². The Morgan fingerprint density at radius 3 is 2.44 bits per heavy atom. The molecule has 0 spiro atoms. The third kappa shape index (κ3) is 4.00. The summed E-state index contributed by atoms with van der Waals surface area (Å²) in [6.07, 6.45) is 1.14. The Morgan fingerprint density at radius 1 is 1.22 bits per heavy atom. The van der Waals surface area contributed by atoms with Gasteiger partial charge in [0.2, 0.25) is 0 Å². The second kappa shape index (κ2) is 7.39. The van der Waals surface area contributed by atoms with Gasteiger partial charge in [-0.3, -0.25) is 0 Å². The highest BCUT2D eigenvalue weighted by Crippen LogP contribution is 2.18. The number of likely N-dealkylation sites (N-methyl/N-ethyl adjacent to an activating group) is 1. The molecule has 0 radical (unpaired) electrons. The van der Waals surface area contributed by atoms with Crippen LogP contribution >= 0.6 is 0 Å². The molecular formula is C15H25NO2. The molecule has 0 fully saturated rings. The highest BCUT2D eigenvalue weighted by atomic mass is 16.5. The molecule has 1 N–H and O–H groups in total. The summed E-state index contributed by atoms with van der Waals surface area (Å²) in [7, 11) is 5.46. The minimum Gasteiger partial charge on any atom is -0.497 e. The van der Waals surface area contributed by atoms with E-state index in [1.54, 1.807) is 14.2 Å². The van der Waals surface area contributed by atoms with Crippen molar-refractivity contribution in [3.63, 3.8) is 0 Å². The van der Waals surface area contributed by atoms with Gasteiger partial charge in [-0.05, 0) is 37.1 Å². The minimum atomic E-state index is 0.209. The SMILES string of the molecule is CNC(Cc1cccc(OC)c1)C(OC)C(C)C. The van der Waals surface area contributed by atoms with E-state index in [4.69, 9.17) is 9.47 Å². The number of nitrogens with one attached hydrogen (secondary N) is 1. The van der Waals surface area contributed by atoms with Crippen LogP contribution in [-0.4, -0.2) is 33.4 Å². The van der Waals surface area contributed by atoms with Crippen molar-refractivity contribution in [3.05, 3.63) is 29.8 Å². The summed E-state index contributed by atoms with van der Waals surface area (Å²) in [5, 5.41) is 3.35. The van der Waals surface area contributed by atoms with Gasteiger partial charge in [0, 0.05) is 13.2 Å². The summed E-state index contributed by atoms with van der Waals surface area (Å²) >= 11 is 0. The van der Waals surface area contributed by atoms with Crippen LogP contribution in [0.4, 0.5) is 0 Å². The fourth-order valence-electron chi connectivity index (χ4n) is 2.34. The summed E-state index contributed by atoms with van der Waals surface area (Å²) in [4.78, 5) is 0. The summed E-state index contributed by atoms with van der Waals surface area (Å²) in [6.45, 7) is 4.37. The zero-order chi connectivity index (χ0) is 13.5. The molecule has 0 saturated carbocycles. The van der Waals surface area contributed by atoms with Crippen LogP contribution in [-0.2, 0) is 11.2 Å². The number of ether oxygens (including phenoxy) is 2. The van der Waals surface area contributed by atoms with Crippen molar-refractivity contribution in [1.29, 1.82) is 0 Å². The fourth-order valence-corrected chi connectivity index (χ4v) is 2.34. The first-order chi connectivity index (χ1) is 8.62. The van der Waals surface area contributed by atoms with Crippen molar-refractivity contribution in [3.8, 4) is 5.75 Å². The quantitative estimate of drug-likeness (QED) is 0.807. The molecule has 18 heavy (non-hydrogen) atoms. The minimum absolute atomic E-state index is 0.209. The first-order valence-corrected chi connectivity index (χ1v) is 6.45. The van der Waals surface area contributed by atoms with Gasteiger partial charge in [0.25, 0.3) is 0 Å². The molecule has 0 aromatic heterocycles. The Kier molecular flexibility index (Phi) is 6.16. The average molecular weight is 251 g/mol. The highest BCUT2D eigenvalue weighted by Gasteiger charge is 2.23. The van der Waals surface area contributed by atoms with E-state index in [1.807, 2.05) is 19.2 Å². The van der Waals surface area contributed by atoms with E-state index in [0.29, 0.717) is 12.0 Å². The highest BCUT2D eigenvalue weighted by molar-refractivity contribution is 5.29. The maximum Gasteiger partial charge on any atom is 0.119 e. The summed E-state index contributed by atoms with van der Waals surface area (Å²) in [6, 6.07) is 8.51. The van der Waals surface area contributed by atoms with E-state index in [1.165, 1.54) is 5.56 Å². The number of rotatable bonds is 7. The molecule has 3 heteroatoms. The molecule has 0 aliphatic carbocycles. The van der Waals surface area contributed by atoms with Crippen LogP contribution in [0.2, 0.25) is 0 Å². The molecule has 2 unspecified atom stereocenters. The summed E-state index contributed by atoms with van der Waals surface area (Å²) in [5.74, 6) is 1.39. The molecular weight excluding hydrogens is 226 g/mol. The Labute approximate surface area is 110 Å². The van der Waals surface area contributed by atoms with Crippen LogP contribution in [0.25, 0.3) is 0 Å². The van der Waals surface area contributed by atoms with Gasteiger partial charge in [-0.2, -0.15) is 0 Å². The van der Waals surface area contributed by atoms with Crippen LogP contribution in [0, 0.1) is 5.92 Å². The van der Waals surface area contributed by atoms with Crippen molar-refractivity contribution in [2.45, 2.75) is 32.4 Å². The Balaban J connectivity index is 2.78. The van der Waals surface area contributed by atoms with Crippen molar-refractivity contribution in [2.75, 3.05) is 21.3 Å². The van der Waals surface area contributed by atoms with Gasteiger partial charge in [0.05, 0.1) is 13.2 Å². The van der Waals surface area contributed by atoms with E-state index in [-0.39, 0.29) is 6.10 Å². The van der Waals surface area contributed by atoms with Gasteiger partial charge in [0.15, 0.2) is 0 Å². The lowest BCUT2D eigenvalue weighted by Gasteiger charge is -2.29. The molecule has 2 atom stereocenters. The van der Waals surface area contributed by atoms with Crippen LogP contribution in [0.3, 0.4) is 0 Å². The summed E-state index contributed by atoms with van der Waals surface area (Å²) in [5.41, 5.74) is 1.26. The molecule has 1 rings (SSSR count). The first-order valence-electron chi connectivity index (χ1n) is 6.45. The van der Waals surface area contributed by atoms with Crippen molar-refractivity contribution < 1.29 is 9.47 Å². The molecule has 0 amide bonds. The second-order valence-electron chi connectivity index (χ2n) is 4.90. The van der Waals surface area contributed by atoms with Gasteiger partial charge in [-0.25, -0.2) is 0 Å². The van der Waals surface area contributed by atoms with Gasteiger partial charge in [-0.1, -0.05) is 26.0 Å². The van der Waals surface area contributed by atoms with E-state index in [9.17, 15) is 0 Å². The van der Waals surface area contributed by atoms with E-state index < -0.39 is 0 Å². The second-order valence-corrected chi connectivity index (χ2v) is 4.90. The zero-order valence-corrected chi connectivity index (χ0v) is 12.1. The van der Waals surface area contributed by atoms with E-state index in [2.05, 4.69) is 31.3 Å². The number of benzene rings is 1. The topological polar surface area (TPSA) is 30.5 Å². The standard InChI is InChI=1S/C15H25NO2/c1-11(2)15(18-5)14(16-3)10-12-7-6-8-13(9-12)17-4/h6-9,11,14-16H,10H2,1-5H3. The van der Waals surface area contributed by atoms with Crippen LogP contribution in [0.15, 0.2) is 24.3 Å². The molecule has 0 aliphatic rings. The largest absolute Gasteiger partial charge is 0.497 e. The maximum absolute atomic E-state index is 5.60. The molecule has 1 aromatic rings. The van der Waals surface area contributed by atoms with Crippen LogP contribution < -0.4 is 10.1 Å². The molecule has 0 saturated heterocycles. The third-order valence-electron chi connectivity index (χ3n) is 3.29. The number of hydrogen-bond acceptors (Lipinski definition) is 3. The van der Waals surface area contributed by atoms with Crippen molar-refractivity contribution >= 4 is 0 Å². The predicted octanol–water partition coefficient (Wildman–Crippen LogP) is 2.50. The fraction of sp³-hybridized carbons (Fsp3) is 0.600. The average Bonchev–Trinajstić information content (AvgIpc) is 2.38. The monoisotopic (exact) mass is 251 g/mol. The normalized spacial score (nSPS) is 14.6. The zero-order valence-electron chi connectivity index (χ0n) is 12.1. The van der Waals surface area contributed by atoms with Gasteiger partial charge in [-0.15, -0.1) is 0 Å². The Bertz CT molecular complexity index is 352. The lowest BCUT2D eigenvalue weighted by molar-refractivity contribution is 0.0354. The van der Waals surface area contributed by atoms with Crippen molar-refractivity contribution in [1.82, 2.24) is 5.32 Å². The van der Waals surface area contributed by atoms with Gasteiger partial charge in [0.1, 0.15) is 5.75 Å². The van der Waals surface area contributed by atoms with Crippen LogP contribution in [0.5, 0.6) is 5.75 Å².